The zero-order chi connectivity index (χ0) is 19.6. The van der Waals surface area contributed by atoms with E-state index in [1.807, 2.05) is 6.92 Å². The van der Waals surface area contributed by atoms with Crippen molar-refractivity contribution in [2.45, 2.75) is 30.7 Å². The highest BCUT2D eigenvalue weighted by atomic mass is 32.2. The van der Waals surface area contributed by atoms with E-state index in [0.29, 0.717) is 25.9 Å². The molecule has 0 spiro atoms. The van der Waals surface area contributed by atoms with E-state index in [0.717, 1.165) is 11.6 Å². The Balaban J connectivity index is 1.61. The highest BCUT2D eigenvalue weighted by Crippen LogP contribution is 2.23. The number of carbonyl (C=O) groups excluding carboxylic acids is 1. The van der Waals surface area contributed by atoms with Crippen LogP contribution in [0.5, 0.6) is 11.5 Å². The Morgan fingerprint density at radius 2 is 1.59 bits per heavy atom. The Kier molecular flexibility index (Phi) is 5.38. The number of piperidine rings is 1. The van der Waals surface area contributed by atoms with Gasteiger partial charge in [-0.2, -0.15) is 4.31 Å². The lowest BCUT2D eigenvalue weighted by molar-refractivity contribution is 0.0923. The third-order valence-electron chi connectivity index (χ3n) is 4.61. The molecule has 3 rings (SSSR count). The lowest BCUT2D eigenvalue weighted by atomic mass is 10.1. The highest BCUT2D eigenvalue weighted by molar-refractivity contribution is 7.89. The summed E-state index contributed by atoms with van der Waals surface area (Å²) in [6.45, 7) is 2.52. The average molecular weight is 390 g/mol. The van der Waals surface area contributed by atoms with Crippen molar-refractivity contribution in [2.24, 2.45) is 0 Å². The number of carbonyl (C=O) groups is 1. The maximum Gasteiger partial charge on any atom is 0.251 e. The summed E-state index contributed by atoms with van der Waals surface area (Å²) < 4.78 is 26.8. The number of aromatic hydroxyl groups is 2. The molecule has 0 aromatic heterocycles. The van der Waals surface area contributed by atoms with Gasteiger partial charge in [-0.3, -0.25) is 4.79 Å². The van der Waals surface area contributed by atoms with Gasteiger partial charge in [0.05, 0.1) is 4.90 Å². The summed E-state index contributed by atoms with van der Waals surface area (Å²) in [5.74, 6) is -0.806. The molecule has 0 saturated carbocycles. The quantitative estimate of drug-likeness (QED) is 0.740. The normalized spacial score (nSPS) is 16.2. The fourth-order valence-corrected chi connectivity index (χ4v) is 4.56. The number of hydrogen-bond donors (Lipinski definition) is 3. The van der Waals surface area contributed by atoms with Gasteiger partial charge in [-0.15, -0.1) is 0 Å². The van der Waals surface area contributed by atoms with Crippen molar-refractivity contribution < 1.29 is 23.4 Å². The Morgan fingerprint density at radius 3 is 2.15 bits per heavy atom. The highest BCUT2D eigenvalue weighted by Gasteiger charge is 2.30. The Hall–Kier alpha value is -2.58. The van der Waals surface area contributed by atoms with E-state index < -0.39 is 15.9 Å². The van der Waals surface area contributed by atoms with Crippen LogP contribution in [0.1, 0.15) is 28.8 Å². The number of rotatable bonds is 4. The van der Waals surface area contributed by atoms with Crippen molar-refractivity contribution in [3.63, 3.8) is 0 Å². The van der Waals surface area contributed by atoms with E-state index >= 15 is 0 Å². The summed E-state index contributed by atoms with van der Waals surface area (Å²) in [5, 5.41) is 21.8. The Labute approximate surface area is 158 Å². The summed E-state index contributed by atoms with van der Waals surface area (Å²) in [4.78, 5) is 12.6. The van der Waals surface area contributed by atoms with Crippen LogP contribution in [0.15, 0.2) is 47.4 Å². The third-order valence-corrected chi connectivity index (χ3v) is 6.53. The number of phenols is 2. The maximum atomic E-state index is 12.7. The molecule has 27 heavy (non-hydrogen) atoms. The number of nitrogens with zero attached hydrogens (tertiary/aromatic N) is 1. The van der Waals surface area contributed by atoms with Crippen molar-refractivity contribution in [1.82, 2.24) is 9.62 Å². The molecular weight excluding hydrogens is 368 g/mol. The summed E-state index contributed by atoms with van der Waals surface area (Å²) in [6.07, 6.45) is 0.975. The molecule has 1 aliphatic rings. The van der Waals surface area contributed by atoms with Gasteiger partial charge < -0.3 is 15.5 Å². The van der Waals surface area contributed by atoms with Gasteiger partial charge >= 0.3 is 0 Å². The number of sulfonamides is 1. The number of nitrogens with one attached hydrogen (secondary N) is 1. The van der Waals surface area contributed by atoms with Crippen LogP contribution >= 0.6 is 0 Å². The van der Waals surface area contributed by atoms with Crippen molar-refractivity contribution in [1.29, 1.82) is 0 Å². The second-order valence-corrected chi connectivity index (χ2v) is 8.64. The molecule has 8 heteroatoms. The molecule has 0 unspecified atom stereocenters. The van der Waals surface area contributed by atoms with Gasteiger partial charge in [-0.25, -0.2) is 8.42 Å². The summed E-state index contributed by atoms with van der Waals surface area (Å²) in [5.41, 5.74) is 1.15. The van der Waals surface area contributed by atoms with E-state index in [-0.39, 0.29) is 28.0 Å². The molecule has 2 aromatic rings. The molecule has 1 aliphatic heterocycles. The minimum absolute atomic E-state index is 0.155. The van der Waals surface area contributed by atoms with Crippen LogP contribution in [0.2, 0.25) is 0 Å². The van der Waals surface area contributed by atoms with Crippen molar-refractivity contribution in [2.75, 3.05) is 13.1 Å². The summed E-state index contributed by atoms with van der Waals surface area (Å²) >= 11 is 0. The van der Waals surface area contributed by atoms with Crippen LogP contribution in [-0.4, -0.2) is 48.0 Å². The van der Waals surface area contributed by atoms with Gasteiger partial charge in [0, 0.05) is 30.8 Å². The number of benzene rings is 2. The first-order valence-corrected chi connectivity index (χ1v) is 10.1. The first kappa shape index (κ1) is 19.2. The molecule has 3 N–H and O–H groups in total. The van der Waals surface area contributed by atoms with Crippen LogP contribution in [0.3, 0.4) is 0 Å². The van der Waals surface area contributed by atoms with Gasteiger partial charge in [0.15, 0.2) is 0 Å². The smallest absolute Gasteiger partial charge is 0.251 e. The predicted octanol–water partition coefficient (Wildman–Crippen LogP) is 1.99. The van der Waals surface area contributed by atoms with Crippen LogP contribution in [0.25, 0.3) is 0 Å². The monoisotopic (exact) mass is 390 g/mol. The largest absolute Gasteiger partial charge is 0.508 e. The average Bonchev–Trinajstić information content (AvgIpc) is 2.61. The standard InChI is InChI=1S/C19H22N2O5S/c1-13-2-4-18(5-3-13)27(25,26)21-8-6-15(7-9-21)20-19(24)14-10-16(22)12-17(23)11-14/h2-5,10-12,15,22-23H,6-9H2,1H3,(H,20,24). The van der Waals surface area contributed by atoms with Gasteiger partial charge in [0.2, 0.25) is 10.0 Å². The van der Waals surface area contributed by atoms with Crippen LogP contribution < -0.4 is 5.32 Å². The first-order chi connectivity index (χ1) is 12.8. The van der Waals surface area contributed by atoms with Crippen LogP contribution in [-0.2, 0) is 10.0 Å². The minimum atomic E-state index is -3.54. The molecule has 1 amide bonds. The van der Waals surface area contributed by atoms with Crippen LogP contribution in [0, 0.1) is 6.92 Å². The van der Waals surface area contributed by atoms with Crippen molar-refractivity contribution in [3.8, 4) is 11.5 Å². The molecule has 1 heterocycles. The molecule has 7 nitrogen and oxygen atoms in total. The lowest BCUT2D eigenvalue weighted by Crippen LogP contribution is -2.46. The molecule has 144 valence electrons. The third kappa shape index (κ3) is 4.40. The first-order valence-electron chi connectivity index (χ1n) is 8.66. The fraction of sp³-hybridized carbons (Fsp3) is 0.316. The predicted molar refractivity (Wildman–Crippen MR) is 100 cm³/mol. The van der Waals surface area contributed by atoms with E-state index in [1.54, 1.807) is 24.3 Å². The number of phenolic OH excluding ortho intramolecular Hbond substituents is 2. The maximum absolute atomic E-state index is 12.7. The van der Waals surface area contributed by atoms with E-state index in [4.69, 9.17) is 0 Å². The summed E-state index contributed by atoms with van der Waals surface area (Å²) in [7, 11) is -3.54. The SMILES string of the molecule is Cc1ccc(S(=O)(=O)N2CCC(NC(=O)c3cc(O)cc(O)c3)CC2)cc1. The van der Waals surface area contributed by atoms with Gasteiger partial charge in [-0.05, 0) is 44.0 Å². The second-order valence-electron chi connectivity index (χ2n) is 6.70. The van der Waals surface area contributed by atoms with Gasteiger partial charge in [0.25, 0.3) is 5.91 Å². The van der Waals surface area contributed by atoms with Crippen molar-refractivity contribution >= 4 is 15.9 Å². The number of amides is 1. The van der Waals surface area contributed by atoms with E-state index in [2.05, 4.69) is 5.32 Å². The van der Waals surface area contributed by atoms with Gasteiger partial charge in [-0.1, -0.05) is 17.7 Å². The fourth-order valence-electron chi connectivity index (χ4n) is 3.09. The molecule has 2 aromatic carbocycles. The minimum Gasteiger partial charge on any atom is -0.508 e. The zero-order valence-electron chi connectivity index (χ0n) is 14.9. The Morgan fingerprint density at radius 1 is 1.04 bits per heavy atom. The van der Waals surface area contributed by atoms with Gasteiger partial charge in [0.1, 0.15) is 11.5 Å². The van der Waals surface area contributed by atoms with E-state index in [9.17, 15) is 23.4 Å². The lowest BCUT2D eigenvalue weighted by Gasteiger charge is -2.31. The number of hydrogen-bond acceptors (Lipinski definition) is 5. The second kappa shape index (κ2) is 7.58. The Bertz CT molecular complexity index is 913. The van der Waals surface area contributed by atoms with E-state index in [1.165, 1.54) is 16.4 Å². The summed E-state index contributed by atoms with van der Waals surface area (Å²) in [6, 6.07) is 10.3. The molecular formula is C19H22N2O5S. The van der Waals surface area contributed by atoms with Crippen LogP contribution in [0.4, 0.5) is 0 Å². The topological polar surface area (TPSA) is 107 Å². The molecule has 1 fully saturated rings. The molecule has 0 radical (unpaired) electrons. The van der Waals surface area contributed by atoms with Crippen molar-refractivity contribution in [3.05, 3.63) is 53.6 Å². The molecule has 1 saturated heterocycles. The molecule has 0 bridgehead atoms. The zero-order valence-corrected chi connectivity index (χ0v) is 15.7. The number of aryl methyl sites for hydroxylation is 1. The molecule has 0 aliphatic carbocycles. The molecule has 0 atom stereocenters.